The highest BCUT2D eigenvalue weighted by Crippen LogP contribution is 2.14. The van der Waals surface area contributed by atoms with Crippen LogP contribution in [0.4, 0.5) is 5.13 Å². The predicted octanol–water partition coefficient (Wildman–Crippen LogP) is 1.72. The third-order valence-electron chi connectivity index (χ3n) is 1.96. The van der Waals surface area contributed by atoms with Gasteiger partial charge >= 0.3 is 5.97 Å². The summed E-state index contributed by atoms with van der Waals surface area (Å²) in [4.78, 5) is 22.5. The Bertz CT molecular complexity index is 551. The van der Waals surface area contributed by atoms with Gasteiger partial charge in [-0.3, -0.25) is 14.9 Å². The Kier molecular flexibility index (Phi) is 3.63. The van der Waals surface area contributed by atoms with Gasteiger partial charge in [-0.2, -0.15) is 0 Å². The number of hydrogen-bond donors (Lipinski definition) is 1. The van der Waals surface area contributed by atoms with Crippen molar-refractivity contribution in [1.29, 1.82) is 0 Å². The summed E-state index contributed by atoms with van der Waals surface area (Å²) >= 11 is 1.23. The lowest BCUT2D eigenvalue weighted by Gasteiger charge is -2.03. The Hall–Kier alpha value is -2.28. The first-order valence-electron chi connectivity index (χ1n) is 5.01. The maximum absolute atomic E-state index is 11.8. The molecular formula is C11H9N3O3S. The zero-order chi connectivity index (χ0) is 13.0. The van der Waals surface area contributed by atoms with Crippen molar-refractivity contribution in [2.75, 3.05) is 5.32 Å². The van der Waals surface area contributed by atoms with E-state index in [-0.39, 0.29) is 5.91 Å². The van der Waals surface area contributed by atoms with Crippen molar-refractivity contribution < 1.29 is 14.3 Å². The summed E-state index contributed by atoms with van der Waals surface area (Å²) in [5.41, 5.74) is 1.97. The smallest absolute Gasteiger partial charge is 0.308 e. The molecule has 0 bridgehead atoms. The molecule has 6 nitrogen and oxygen atoms in total. The van der Waals surface area contributed by atoms with Crippen molar-refractivity contribution >= 4 is 28.3 Å². The molecule has 0 unspecified atom stereocenters. The summed E-state index contributed by atoms with van der Waals surface area (Å²) in [6.45, 7) is 1.32. The quantitative estimate of drug-likeness (QED) is 0.673. The SMILES string of the molecule is CC(=O)Oc1ccc(C(=O)Nc2nncs2)cc1. The lowest BCUT2D eigenvalue weighted by Crippen LogP contribution is -2.11. The molecule has 7 heteroatoms. The molecular weight excluding hydrogens is 254 g/mol. The van der Waals surface area contributed by atoms with Crippen molar-refractivity contribution in [1.82, 2.24) is 10.2 Å². The number of amides is 1. The van der Waals surface area contributed by atoms with Gasteiger partial charge in [0.25, 0.3) is 5.91 Å². The van der Waals surface area contributed by atoms with E-state index in [0.29, 0.717) is 16.4 Å². The third-order valence-corrected chi connectivity index (χ3v) is 2.57. The maximum atomic E-state index is 11.8. The lowest BCUT2D eigenvalue weighted by molar-refractivity contribution is -0.131. The van der Waals surface area contributed by atoms with Crippen molar-refractivity contribution in [3.8, 4) is 5.75 Å². The minimum Gasteiger partial charge on any atom is -0.427 e. The van der Waals surface area contributed by atoms with Gasteiger partial charge in [-0.15, -0.1) is 10.2 Å². The maximum Gasteiger partial charge on any atom is 0.308 e. The number of aromatic nitrogens is 2. The number of nitrogens with zero attached hydrogens (tertiary/aromatic N) is 2. The fourth-order valence-corrected chi connectivity index (χ4v) is 1.68. The number of hydrogen-bond acceptors (Lipinski definition) is 6. The minimum absolute atomic E-state index is 0.291. The summed E-state index contributed by atoms with van der Waals surface area (Å²) in [6, 6.07) is 6.23. The van der Waals surface area contributed by atoms with Crippen LogP contribution in [-0.2, 0) is 4.79 Å². The van der Waals surface area contributed by atoms with Crippen LogP contribution in [0.15, 0.2) is 29.8 Å². The Morgan fingerprint density at radius 1 is 1.28 bits per heavy atom. The van der Waals surface area contributed by atoms with E-state index in [4.69, 9.17) is 4.74 Å². The van der Waals surface area contributed by atoms with Gasteiger partial charge in [-0.25, -0.2) is 0 Å². The van der Waals surface area contributed by atoms with Crippen molar-refractivity contribution in [3.05, 3.63) is 35.3 Å². The number of nitrogens with one attached hydrogen (secondary N) is 1. The standard InChI is InChI=1S/C11H9N3O3S/c1-7(15)17-9-4-2-8(3-5-9)10(16)13-11-14-12-6-18-11/h2-6H,1H3,(H,13,14,16). The fourth-order valence-electron chi connectivity index (χ4n) is 1.24. The molecule has 0 spiro atoms. The van der Waals surface area contributed by atoms with Crippen LogP contribution in [0.5, 0.6) is 5.75 Å². The molecule has 1 heterocycles. The van der Waals surface area contributed by atoms with Crippen molar-refractivity contribution in [2.45, 2.75) is 6.92 Å². The van der Waals surface area contributed by atoms with Crippen molar-refractivity contribution in [2.24, 2.45) is 0 Å². The van der Waals surface area contributed by atoms with E-state index in [1.807, 2.05) is 0 Å². The van der Waals surface area contributed by atoms with Crippen LogP contribution in [0.25, 0.3) is 0 Å². The van der Waals surface area contributed by atoms with Crippen LogP contribution in [0.2, 0.25) is 0 Å². The van der Waals surface area contributed by atoms with E-state index in [9.17, 15) is 9.59 Å². The van der Waals surface area contributed by atoms with E-state index < -0.39 is 5.97 Å². The van der Waals surface area contributed by atoms with Gasteiger partial charge in [-0.05, 0) is 24.3 Å². The zero-order valence-electron chi connectivity index (χ0n) is 9.41. The Morgan fingerprint density at radius 3 is 2.56 bits per heavy atom. The van der Waals surface area contributed by atoms with Gasteiger partial charge < -0.3 is 4.74 Å². The van der Waals surface area contributed by atoms with E-state index >= 15 is 0 Å². The number of esters is 1. The van der Waals surface area contributed by atoms with Crippen LogP contribution in [-0.4, -0.2) is 22.1 Å². The fraction of sp³-hybridized carbons (Fsp3) is 0.0909. The van der Waals surface area contributed by atoms with E-state index in [1.165, 1.54) is 23.8 Å². The molecule has 1 aromatic carbocycles. The molecule has 1 aromatic heterocycles. The second-order valence-corrected chi connectivity index (χ2v) is 4.15. The highest BCUT2D eigenvalue weighted by Gasteiger charge is 2.08. The van der Waals surface area contributed by atoms with Gasteiger partial charge in [0.05, 0.1) is 0 Å². The van der Waals surface area contributed by atoms with Crippen molar-refractivity contribution in [3.63, 3.8) is 0 Å². The van der Waals surface area contributed by atoms with Gasteiger partial charge in [0.15, 0.2) is 0 Å². The monoisotopic (exact) mass is 263 g/mol. The molecule has 0 radical (unpaired) electrons. The number of carbonyl (C=O) groups excluding carboxylic acids is 2. The molecule has 2 rings (SSSR count). The second kappa shape index (κ2) is 5.37. The predicted molar refractivity (Wildman–Crippen MR) is 65.6 cm³/mol. The number of anilines is 1. The molecule has 2 aromatic rings. The van der Waals surface area contributed by atoms with Crippen LogP contribution >= 0.6 is 11.3 Å². The molecule has 1 N–H and O–H groups in total. The number of carbonyl (C=O) groups is 2. The summed E-state index contributed by atoms with van der Waals surface area (Å²) in [5, 5.41) is 10.3. The van der Waals surface area contributed by atoms with Crippen LogP contribution in [0, 0.1) is 0 Å². The Morgan fingerprint density at radius 2 is 2.00 bits per heavy atom. The van der Waals surface area contributed by atoms with Gasteiger partial charge in [0, 0.05) is 12.5 Å². The minimum atomic E-state index is -0.402. The molecule has 0 aliphatic carbocycles. The molecule has 0 fully saturated rings. The van der Waals surface area contributed by atoms with E-state index in [1.54, 1.807) is 24.3 Å². The zero-order valence-corrected chi connectivity index (χ0v) is 10.2. The highest BCUT2D eigenvalue weighted by atomic mass is 32.1. The normalized spacial score (nSPS) is 9.83. The summed E-state index contributed by atoms with van der Waals surface area (Å²) < 4.78 is 4.86. The van der Waals surface area contributed by atoms with Gasteiger partial charge in [-0.1, -0.05) is 11.3 Å². The second-order valence-electron chi connectivity index (χ2n) is 3.32. The Balaban J connectivity index is 2.05. The molecule has 92 valence electrons. The topological polar surface area (TPSA) is 81.2 Å². The lowest BCUT2D eigenvalue weighted by atomic mass is 10.2. The number of ether oxygens (including phenoxy) is 1. The molecule has 0 aliphatic heterocycles. The summed E-state index contributed by atoms with van der Waals surface area (Å²) in [7, 11) is 0. The summed E-state index contributed by atoms with van der Waals surface area (Å²) in [5.74, 6) is -0.294. The molecule has 0 saturated carbocycles. The molecule has 18 heavy (non-hydrogen) atoms. The number of benzene rings is 1. The van der Waals surface area contributed by atoms with Crippen LogP contribution < -0.4 is 10.1 Å². The first-order valence-corrected chi connectivity index (χ1v) is 5.89. The van der Waals surface area contributed by atoms with E-state index in [0.717, 1.165) is 0 Å². The first-order chi connectivity index (χ1) is 8.65. The average Bonchev–Trinajstić information content (AvgIpc) is 2.82. The van der Waals surface area contributed by atoms with Crippen LogP contribution in [0.3, 0.4) is 0 Å². The number of rotatable bonds is 3. The van der Waals surface area contributed by atoms with E-state index in [2.05, 4.69) is 15.5 Å². The largest absolute Gasteiger partial charge is 0.427 e. The first kappa shape index (κ1) is 12.2. The third kappa shape index (κ3) is 3.11. The average molecular weight is 263 g/mol. The summed E-state index contributed by atoms with van der Waals surface area (Å²) in [6.07, 6.45) is 0. The molecule has 0 aliphatic rings. The molecule has 0 atom stereocenters. The molecule has 1 amide bonds. The molecule has 0 saturated heterocycles. The van der Waals surface area contributed by atoms with Gasteiger partial charge in [0.1, 0.15) is 11.3 Å². The van der Waals surface area contributed by atoms with Gasteiger partial charge in [0.2, 0.25) is 5.13 Å². The highest BCUT2D eigenvalue weighted by molar-refractivity contribution is 7.13. The Labute approximate surface area is 107 Å². The van der Waals surface area contributed by atoms with Crippen LogP contribution in [0.1, 0.15) is 17.3 Å².